The molecule has 1 N–H and O–H groups in total. The summed E-state index contributed by atoms with van der Waals surface area (Å²) in [6, 6.07) is 10.3. The van der Waals surface area contributed by atoms with E-state index in [-0.39, 0.29) is 17.8 Å². The van der Waals surface area contributed by atoms with Crippen molar-refractivity contribution in [2.24, 2.45) is 0 Å². The first-order chi connectivity index (χ1) is 16.5. The molecule has 1 aromatic heterocycles. The Bertz CT molecular complexity index is 1160. The Hall–Kier alpha value is -3.39. The molecule has 0 saturated carbocycles. The van der Waals surface area contributed by atoms with Crippen molar-refractivity contribution in [3.8, 4) is 23.0 Å². The Morgan fingerprint density at radius 2 is 1.91 bits per heavy atom. The molecule has 1 fully saturated rings. The summed E-state index contributed by atoms with van der Waals surface area (Å²) in [6.07, 6.45) is 4.01. The first-order valence-electron chi connectivity index (χ1n) is 11.5. The number of ether oxygens (including phenoxy) is 3. The molecule has 0 bridgehead atoms. The molecule has 2 aromatic carbocycles. The van der Waals surface area contributed by atoms with Crippen LogP contribution >= 0.6 is 0 Å². The van der Waals surface area contributed by atoms with Crippen LogP contribution in [0.4, 0.5) is 4.39 Å². The number of aromatic nitrogens is 1. The number of likely N-dealkylation sites (N-methyl/N-ethyl adjacent to an activating group) is 1. The number of benzene rings is 2. The van der Waals surface area contributed by atoms with Gasteiger partial charge in [-0.1, -0.05) is 13.0 Å². The van der Waals surface area contributed by atoms with Gasteiger partial charge in [0.25, 0.3) is 0 Å². The summed E-state index contributed by atoms with van der Waals surface area (Å²) in [7, 11) is 3.23. The maximum Gasteiger partial charge on any atom is 0.233 e. The number of piperidine rings is 1. The highest BCUT2D eigenvalue weighted by Gasteiger charge is 2.23. The highest BCUT2D eigenvalue weighted by molar-refractivity contribution is 5.88. The predicted octanol–water partition coefficient (Wildman–Crippen LogP) is 4.33. The molecule has 1 amide bonds. The molecular weight excluding hydrogens is 437 g/mol. The van der Waals surface area contributed by atoms with Gasteiger partial charge in [0.1, 0.15) is 11.9 Å². The minimum atomic E-state index is -0.404. The topological polar surface area (TPSA) is 72.9 Å². The van der Waals surface area contributed by atoms with Gasteiger partial charge in [-0.2, -0.15) is 0 Å². The second kappa shape index (κ2) is 10.7. The molecule has 0 spiro atoms. The molecule has 34 heavy (non-hydrogen) atoms. The maximum atomic E-state index is 14.5. The van der Waals surface area contributed by atoms with Crippen LogP contribution in [0.15, 0.2) is 42.6 Å². The third kappa shape index (κ3) is 5.39. The fourth-order valence-corrected chi connectivity index (χ4v) is 4.08. The Balaban J connectivity index is 1.52. The van der Waals surface area contributed by atoms with Crippen molar-refractivity contribution in [1.29, 1.82) is 0 Å². The number of carbonyl (C=O) groups is 1. The van der Waals surface area contributed by atoms with Crippen LogP contribution < -0.4 is 19.5 Å². The normalized spacial score (nSPS) is 14.7. The van der Waals surface area contributed by atoms with Gasteiger partial charge in [0.2, 0.25) is 5.91 Å². The number of hydrogen-bond acceptors (Lipinski definition) is 6. The van der Waals surface area contributed by atoms with E-state index in [4.69, 9.17) is 14.2 Å². The Kier molecular flexibility index (Phi) is 7.47. The second-order valence-electron chi connectivity index (χ2n) is 8.32. The molecule has 1 aliphatic rings. The van der Waals surface area contributed by atoms with E-state index < -0.39 is 5.82 Å². The zero-order chi connectivity index (χ0) is 24.1. The van der Waals surface area contributed by atoms with Gasteiger partial charge in [0.15, 0.2) is 23.1 Å². The molecule has 0 unspecified atom stereocenters. The van der Waals surface area contributed by atoms with Crippen LogP contribution in [0.5, 0.6) is 23.0 Å². The Morgan fingerprint density at radius 3 is 2.59 bits per heavy atom. The van der Waals surface area contributed by atoms with Crippen LogP contribution in [-0.4, -0.2) is 55.7 Å². The quantitative estimate of drug-likeness (QED) is 0.532. The zero-order valence-electron chi connectivity index (χ0n) is 19.8. The summed E-state index contributed by atoms with van der Waals surface area (Å²) in [5.41, 5.74) is 1.57. The van der Waals surface area contributed by atoms with E-state index in [2.05, 4.69) is 15.2 Å². The average Bonchev–Trinajstić information content (AvgIpc) is 2.86. The molecule has 8 heteroatoms. The number of halogens is 1. The van der Waals surface area contributed by atoms with Crippen LogP contribution in [0.2, 0.25) is 0 Å². The third-order valence-corrected chi connectivity index (χ3v) is 6.09. The number of rotatable bonds is 8. The molecular formula is C26H30FN3O4. The van der Waals surface area contributed by atoms with Crippen molar-refractivity contribution in [1.82, 2.24) is 15.2 Å². The zero-order valence-corrected chi connectivity index (χ0v) is 19.8. The number of methoxy groups -OCH3 is 1. The van der Waals surface area contributed by atoms with Crippen LogP contribution in [0.1, 0.15) is 25.3 Å². The molecule has 0 radical (unpaired) electrons. The lowest BCUT2D eigenvalue weighted by atomic mass is 10.1. The first kappa shape index (κ1) is 23.8. The van der Waals surface area contributed by atoms with Crippen LogP contribution in [-0.2, 0) is 11.2 Å². The van der Waals surface area contributed by atoms with E-state index in [0.717, 1.165) is 37.9 Å². The van der Waals surface area contributed by atoms with E-state index in [0.29, 0.717) is 34.7 Å². The fraction of sp³-hybridized carbons (Fsp3) is 0.385. The van der Waals surface area contributed by atoms with Gasteiger partial charge in [0, 0.05) is 37.8 Å². The van der Waals surface area contributed by atoms with Gasteiger partial charge in [-0.05, 0) is 49.1 Å². The molecule has 0 aliphatic carbocycles. The van der Waals surface area contributed by atoms with Crippen molar-refractivity contribution in [2.75, 3.05) is 33.8 Å². The van der Waals surface area contributed by atoms with E-state index in [9.17, 15) is 9.18 Å². The summed E-state index contributed by atoms with van der Waals surface area (Å²) in [6.45, 7) is 3.95. The summed E-state index contributed by atoms with van der Waals surface area (Å²) < 4.78 is 32.3. The number of nitrogens with zero attached hydrogens (tertiary/aromatic N) is 2. The number of likely N-dealkylation sites (tertiary alicyclic amines) is 1. The van der Waals surface area contributed by atoms with E-state index >= 15 is 0 Å². The number of nitrogens with one attached hydrogen (secondary N) is 1. The van der Waals surface area contributed by atoms with Gasteiger partial charge in [-0.15, -0.1) is 0 Å². The molecule has 1 saturated heterocycles. The highest BCUT2D eigenvalue weighted by atomic mass is 19.1. The largest absolute Gasteiger partial charge is 0.493 e. The molecule has 3 aromatic rings. The molecule has 1 aliphatic heterocycles. The Labute approximate surface area is 198 Å². The SMILES string of the molecule is CCc1ccc(Oc2ccnc3cc(OC4CCN(CC(=O)NC)CC4)c(OC)cc23)c(F)c1. The summed E-state index contributed by atoms with van der Waals surface area (Å²) in [5, 5.41) is 3.36. The molecule has 180 valence electrons. The summed E-state index contributed by atoms with van der Waals surface area (Å²) in [4.78, 5) is 18.2. The first-order valence-corrected chi connectivity index (χ1v) is 11.5. The summed E-state index contributed by atoms with van der Waals surface area (Å²) >= 11 is 0. The Morgan fingerprint density at radius 1 is 1.12 bits per heavy atom. The van der Waals surface area contributed by atoms with Crippen molar-refractivity contribution >= 4 is 16.8 Å². The van der Waals surface area contributed by atoms with Crippen molar-refractivity contribution in [2.45, 2.75) is 32.3 Å². The van der Waals surface area contributed by atoms with Gasteiger partial charge in [-0.3, -0.25) is 14.7 Å². The van der Waals surface area contributed by atoms with E-state index in [1.807, 2.05) is 25.1 Å². The maximum absolute atomic E-state index is 14.5. The molecule has 0 atom stereocenters. The van der Waals surface area contributed by atoms with E-state index in [1.54, 1.807) is 32.5 Å². The van der Waals surface area contributed by atoms with Crippen molar-refractivity contribution in [3.05, 3.63) is 54.0 Å². The standard InChI is InChI=1S/C26H30FN3O4/c1-4-17-5-6-23(20(27)13-17)34-22-7-10-29-21-15-25(24(32-3)14-19(21)22)33-18-8-11-30(12-9-18)16-26(31)28-2/h5-7,10,13-15,18H,4,8-9,11-12,16H2,1-3H3,(H,28,31). The lowest BCUT2D eigenvalue weighted by Gasteiger charge is -2.31. The van der Waals surface area contributed by atoms with Crippen LogP contribution in [0.3, 0.4) is 0 Å². The number of carbonyl (C=O) groups excluding carboxylic acids is 1. The minimum absolute atomic E-state index is 0.0119. The smallest absolute Gasteiger partial charge is 0.233 e. The molecule has 4 rings (SSSR count). The van der Waals surface area contributed by atoms with Crippen molar-refractivity contribution in [3.63, 3.8) is 0 Å². The van der Waals surface area contributed by atoms with Gasteiger partial charge >= 0.3 is 0 Å². The van der Waals surface area contributed by atoms with Crippen LogP contribution in [0, 0.1) is 5.82 Å². The fourth-order valence-electron chi connectivity index (χ4n) is 4.08. The highest BCUT2D eigenvalue weighted by Crippen LogP contribution is 2.38. The lowest BCUT2D eigenvalue weighted by Crippen LogP contribution is -2.43. The van der Waals surface area contributed by atoms with Gasteiger partial charge < -0.3 is 19.5 Å². The summed E-state index contributed by atoms with van der Waals surface area (Å²) in [5.74, 6) is 1.41. The number of pyridine rings is 1. The van der Waals surface area contributed by atoms with Gasteiger partial charge in [0.05, 0.1) is 19.2 Å². The number of amides is 1. The van der Waals surface area contributed by atoms with Crippen LogP contribution in [0.25, 0.3) is 10.9 Å². The number of aryl methyl sites for hydroxylation is 1. The molecule has 7 nitrogen and oxygen atoms in total. The number of fused-ring (bicyclic) bond motifs is 1. The average molecular weight is 468 g/mol. The third-order valence-electron chi connectivity index (χ3n) is 6.09. The lowest BCUT2D eigenvalue weighted by molar-refractivity contribution is -0.122. The second-order valence-corrected chi connectivity index (χ2v) is 8.32. The van der Waals surface area contributed by atoms with Crippen molar-refractivity contribution < 1.29 is 23.4 Å². The molecule has 2 heterocycles. The predicted molar refractivity (Wildman–Crippen MR) is 128 cm³/mol. The van der Waals surface area contributed by atoms with E-state index in [1.165, 1.54) is 6.07 Å². The number of hydrogen-bond donors (Lipinski definition) is 1. The van der Waals surface area contributed by atoms with Gasteiger partial charge in [-0.25, -0.2) is 4.39 Å². The monoisotopic (exact) mass is 467 g/mol. The minimum Gasteiger partial charge on any atom is -0.493 e.